The van der Waals surface area contributed by atoms with E-state index in [4.69, 9.17) is 0 Å². The molecule has 2 atom stereocenters. The van der Waals surface area contributed by atoms with Gasteiger partial charge in [-0.25, -0.2) is 0 Å². The molecule has 1 heterocycles. The van der Waals surface area contributed by atoms with Gasteiger partial charge in [-0.3, -0.25) is 0 Å². The Balaban J connectivity index is 0.00000768. The van der Waals surface area contributed by atoms with Gasteiger partial charge in [0.25, 0.3) is 0 Å². The summed E-state index contributed by atoms with van der Waals surface area (Å²) in [7, 11) is 9.14. The molecule has 0 spiro atoms. The molecule has 0 N–H and O–H groups in total. The Kier molecular flexibility index (Phi) is 22.9. The van der Waals surface area contributed by atoms with Crippen molar-refractivity contribution in [3.8, 4) is 0 Å². The number of para-hydroxylation sites is 2. The number of hydrogen-bond acceptors (Lipinski definition) is 2. The Morgan fingerprint density at radius 2 is 0.830 bits per heavy atom. The predicted octanol–water partition coefficient (Wildman–Crippen LogP) is 8.75. The highest BCUT2D eigenvalue weighted by Gasteiger charge is 2.21. The molecule has 0 radical (unpaired) electrons. The first-order chi connectivity index (χ1) is 22.5. The van der Waals surface area contributed by atoms with E-state index in [1.165, 1.54) is 163 Å². The summed E-state index contributed by atoms with van der Waals surface area (Å²) in [5, 5.41) is 2.67. The number of pyridine rings is 1. The van der Waals surface area contributed by atoms with Crippen LogP contribution in [0.2, 0.25) is 0 Å². The van der Waals surface area contributed by atoms with Crippen molar-refractivity contribution in [3.63, 3.8) is 0 Å². The number of nitrogens with zero attached hydrogens (tertiary/aromatic N) is 3. The average Bonchev–Trinajstić information content (AvgIpc) is 3.05. The Bertz CT molecular complexity index is 1140. The van der Waals surface area contributed by atoms with Crippen LogP contribution in [0.4, 0.5) is 0 Å². The van der Waals surface area contributed by atoms with Gasteiger partial charge in [0.05, 0.1) is 0 Å². The van der Waals surface area contributed by atoms with Crippen LogP contribution in [-0.2, 0) is 6.54 Å². The molecular formula is C43H72IN3. The van der Waals surface area contributed by atoms with Crippen molar-refractivity contribution in [2.75, 3.05) is 28.2 Å². The van der Waals surface area contributed by atoms with Gasteiger partial charge in [0.15, 0.2) is 6.54 Å². The average molecular weight is 758 g/mol. The molecule has 0 fully saturated rings. The minimum absolute atomic E-state index is 0. The molecule has 47 heavy (non-hydrogen) atoms. The van der Waals surface area contributed by atoms with Crippen molar-refractivity contribution in [1.29, 1.82) is 0 Å². The first kappa shape index (κ1) is 41.9. The lowest BCUT2D eigenvalue weighted by molar-refractivity contribution is -0.646. The first-order valence-electron chi connectivity index (χ1n) is 19.6. The fraction of sp³-hybridized carbons (Fsp3) is 0.698. The molecule has 266 valence electrons. The highest BCUT2D eigenvalue weighted by molar-refractivity contribution is 5.88. The SMILES string of the molecule is CCCCCCCCCCCCCCCCCCCCC(CCC(CC[n+]1c2ccccc2cc2ccccc21)N(C)C)N(C)C.[I-]. The normalized spacial score (nSPS) is 13.1. The molecule has 1 aromatic heterocycles. The van der Waals surface area contributed by atoms with Gasteiger partial charge in [0.1, 0.15) is 0 Å². The smallest absolute Gasteiger partial charge is 0.212 e. The summed E-state index contributed by atoms with van der Waals surface area (Å²) in [5.41, 5.74) is 2.69. The zero-order chi connectivity index (χ0) is 32.8. The third kappa shape index (κ3) is 16.3. The standard InChI is InChI=1S/C43H72N3.HI/c1-6-7-8-9-10-11-12-13-14-15-16-17-18-19-20-21-22-23-30-40(44(2)3)33-34-41(45(4)5)35-36-46-42-31-26-24-28-38(42)37-39-29-25-27-32-43(39)46;/h24-29,31-32,37,40-41H,6-23,30,33-36H2,1-5H3;1H/q+1;/p-1. The van der Waals surface area contributed by atoms with Gasteiger partial charge in [-0.2, -0.15) is 4.57 Å². The fourth-order valence-corrected chi connectivity index (χ4v) is 7.51. The van der Waals surface area contributed by atoms with Crippen molar-refractivity contribution >= 4 is 21.8 Å². The Hall–Kier alpha value is -1.24. The molecule has 3 rings (SSSR count). The van der Waals surface area contributed by atoms with Gasteiger partial charge in [-0.1, -0.05) is 147 Å². The second-order valence-electron chi connectivity index (χ2n) is 14.8. The van der Waals surface area contributed by atoms with Crippen LogP contribution >= 0.6 is 0 Å². The van der Waals surface area contributed by atoms with Gasteiger partial charge in [0.2, 0.25) is 11.0 Å². The summed E-state index contributed by atoms with van der Waals surface area (Å²) >= 11 is 0. The Morgan fingerprint density at radius 3 is 1.23 bits per heavy atom. The lowest BCUT2D eigenvalue weighted by atomic mass is 9.97. The van der Waals surface area contributed by atoms with E-state index in [1.54, 1.807) is 0 Å². The van der Waals surface area contributed by atoms with Gasteiger partial charge in [-0.15, -0.1) is 0 Å². The van der Waals surface area contributed by atoms with Gasteiger partial charge in [0, 0.05) is 41.4 Å². The summed E-state index contributed by atoms with van der Waals surface area (Å²) in [6, 6.07) is 21.4. The molecule has 0 aliphatic heterocycles. The monoisotopic (exact) mass is 757 g/mol. The number of fused-ring (bicyclic) bond motifs is 2. The number of benzene rings is 2. The number of unbranched alkanes of at least 4 members (excludes halogenated alkanes) is 17. The molecule has 0 saturated carbocycles. The van der Waals surface area contributed by atoms with Gasteiger partial charge < -0.3 is 33.8 Å². The van der Waals surface area contributed by atoms with Crippen LogP contribution in [0.1, 0.15) is 148 Å². The maximum absolute atomic E-state index is 2.56. The molecule has 3 nitrogen and oxygen atoms in total. The van der Waals surface area contributed by atoms with E-state index in [-0.39, 0.29) is 24.0 Å². The second-order valence-corrected chi connectivity index (χ2v) is 14.8. The number of hydrogen-bond donors (Lipinski definition) is 0. The van der Waals surface area contributed by atoms with Crippen LogP contribution in [0.5, 0.6) is 0 Å². The van der Waals surface area contributed by atoms with Crippen molar-refractivity contribution in [3.05, 3.63) is 54.6 Å². The molecule has 4 heteroatoms. The zero-order valence-electron chi connectivity index (χ0n) is 31.3. The van der Waals surface area contributed by atoms with E-state index in [0.29, 0.717) is 12.1 Å². The minimum atomic E-state index is 0. The summed E-state index contributed by atoms with van der Waals surface area (Å²) in [5.74, 6) is 0. The van der Waals surface area contributed by atoms with Crippen LogP contribution in [0.15, 0.2) is 54.6 Å². The van der Waals surface area contributed by atoms with E-state index in [2.05, 4.69) is 104 Å². The molecule has 0 aliphatic carbocycles. The van der Waals surface area contributed by atoms with Crippen molar-refractivity contribution in [2.24, 2.45) is 0 Å². The number of rotatable bonds is 27. The highest BCUT2D eigenvalue weighted by Crippen LogP contribution is 2.21. The van der Waals surface area contributed by atoms with E-state index in [0.717, 1.165) is 6.54 Å². The molecular weight excluding hydrogens is 685 g/mol. The maximum Gasteiger partial charge on any atom is 0.212 e. The van der Waals surface area contributed by atoms with E-state index < -0.39 is 0 Å². The number of aromatic nitrogens is 1. The molecule has 0 amide bonds. The first-order valence-corrected chi connectivity index (χ1v) is 19.6. The van der Waals surface area contributed by atoms with E-state index in [1.807, 2.05) is 0 Å². The third-order valence-corrected chi connectivity index (χ3v) is 10.6. The quantitative estimate of drug-likeness (QED) is 0.0334. The zero-order valence-corrected chi connectivity index (χ0v) is 33.5. The summed E-state index contributed by atoms with van der Waals surface area (Å²) in [6.07, 6.45) is 31.1. The topological polar surface area (TPSA) is 10.4 Å². The molecule has 0 saturated heterocycles. The predicted molar refractivity (Wildman–Crippen MR) is 204 cm³/mol. The highest BCUT2D eigenvalue weighted by atomic mass is 127. The van der Waals surface area contributed by atoms with E-state index in [9.17, 15) is 0 Å². The number of halogens is 1. The molecule has 0 aliphatic rings. The van der Waals surface area contributed by atoms with Crippen LogP contribution in [0.3, 0.4) is 0 Å². The van der Waals surface area contributed by atoms with Crippen molar-refractivity contribution < 1.29 is 28.5 Å². The Labute approximate surface area is 308 Å². The molecule has 2 aromatic carbocycles. The number of aryl methyl sites for hydroxylation is 1. The Morgan fingerprint density at radius 1 is 0.468 bits per heavy atom. The van der Waals surface area contributed by atoms with Crippen LogP contribution in [0.25, 0.3) is 21.8 Å². The lowest BCUT2D eigenvalue weighted by Gasteiger charge is -2.29. The maximum atomic E-state index is 2.56. The van der Waals surface area contributed by atoms with Gasteiger partial charge in [-0.05, 0) is 65.7 Å². The third-order valence-electron chi connectivity index (χ3n) is 10.6. The molecule has 3 aromatic rings. The van der Waals surface area contributed by atoms with Crippen LogP contribution in [-0.4, -0.2) is 50.1 Å². The van der Waals surface area contributed by atoms with Crippen molar-refractivity contribution in [1.82, 2.24) is 9.80 Å². The molecule has 2 unspecified atom stereocenters. The van der Waals surface area contributed by atoms with Gasteiger partial charge >= 0.3 is 0 Å². The van der Waals surface area contributed by atoms with E-state index >= 15 is 0 Å². The second kappa shape index (κ2) is 25.7. The molecule has 0 bridgehead atoms. The fourth-order valence-electron chi connectivity index (χ4n) is 7.51. The summed E-state index contributed by atoms with van der Waals surface area (Å²) in [6.45, 7) is 3.36. The van der Waals surface area contributed by atoms with Crippen LogP contribution < -0.4 is 28.5 Å². The van der Waals surface area contributed by atoms with Crippen molar-refractivity contribution in [2.45, 2.75) is 167 Å². The lowest BCUT2D eigenvalue weighted by Crippen LogP contribution is -3.00. The minimum Gasteiger partial charge on any atom is -1.00 e. The summed E-state index contributed by atoms with van der Waals surface area (Å²) in [4.78, 5) is 4.96. The van der Waals surface area contributed by atoms with Crippen LogP contribution in [0, 0.1) is 0 Å². The summed E-state index contributed by atoms with van der Waals surface area (Å²) < 4.78 is 2.56. The largest absolute Gasteiger partial charge is 1.00 e.